The van der Waals surface area contributed by atoms with Crippen molar-refractivity contribution in [3.05, 3.63) is 35.9 Å². The highest BCUT2D eigenvalue weighted by atomic mass is 16.3. The van der Waals surface area contributed by atoms with Crippen LogP contribution >= 0.6 is 0 Å². The molecule has 0 radical (unpaired) electrons. The highest BCUT2D eigenvalue weighted by molar-refractivity contribution is 5.82. The van der Waals surface area contributed by atoms with E-state index >= 15 is 0 Å². The number of benzene rings is 1. The Morgan fingerprint density at radius 3 is 2.85 bits per heavy atom. The summed E-state index contributed by atoms with van der Waals surface area (Å²) in [4.78, 5) is 12.2. The zero-order valence-electron chi connectivity index (χ0n) is 12.0. The van der Waals surface area contributed by atoms with Crippen LogP contribution in [0.5, 0.6) is 0 Å². The van der Waals surface area contributed by atoms with Crippen LogP contribution in [0.2, 0.25) is 0 Å². The molecule has 1 aliphatic rings. The lowest BCUT2D eigenvalue weighted by atomic mass is 9.93. The van der Waals surface area contributed by atoms with Gasteiger partial charge in [-0.3, -0.25) is 4.79 Å². The van der Waals surface area contributed by atoms with Crippen molar-refractivity contribution in [2.45, 2.75) is 38.3 Å². The van der Waals surface area contributed by atoms with Gasteiger partial charge in [0, 0.05) is 0 Å². The number of carbonyl (C=O) groups excluding carboxylic acids is 1. The molecule has 0 saturated carbocycles. The first-order chi connectivity index (χ1) is 9.69. The lowest BCUT2D eigenvalue weighted by Crippen LogP contribution is -2.52. The minimum atomic E-state index is -0.219. The predicted molar refractivity (Wildman–Crippen MR) is 79.4 cm³/mol. The average molecular weight is 276 g/mol. The van der Waals surface area contributed by atoms with E-state index in [1.807, 2.05) is 30.3 Å². The molecule has 1 aromatic carbocycles. The molecule has 20 heavy (non-hydrogen) atoms. The third-order valence-corrected chi connectivity index (χ3v) is 3.87. The van der Waals surface area contributed by atoms with Gasteiger partial charge in [0.05, 0.1) is 18.7 Å². The molecule has 0 aliphatic carbocycles. The van der Waals surface area contributed by atoms with Crippen LogP contribution < -0.4 is 10.6 Å². The third kappa shape index (κ3) is 4.32. The fourth-order valence-electron chi connectivity index (χ4n) is 2.67. The van der Waals surface area contributed by atoms with Crippen LogP contribution in [0.1, 0.15) is 25.3 Å². The summed E-state index contributed by atoms with van der Waals surface area (Å²) in [5.41, 5.74) is 1.12. The van der Waals surface area contributed by atoms with Crippen molar-refractivity contribution < 1.29 is 9.90 Å². The highest BCUT2D eigenvalue weighted by Gasteiger charge is 2.25. The maximum absolute atomic E-state index is 12.2. The van der Waals surface area contributed by atoms with Crippen molar-refractivity contribution in [3.63, 3.8) is 0 Å². The first-order valence-electron chi connectivity index (χ1n) is 7.37. The van der Waals surface area contributed by atoms with Gasteiger partial charge in [0.25, 0.3) is 0 Å². The van der Waals surface area contributed by atoms with Crippen LogP contribution in [0.4, 0.5) is 0 Å². The number of hydrogen-bond acceptors (Lipinski definition) is 3. The number of hydrogen-bond donors (Lipinski definition) is 3. The van der Waals surface area contributed by atoms with Gasteiger partial charge in [-0.2, -0.15) is 0 Å². The molecule has 1 fully saturated rings. The molecule has 2 rings (SSSR count). The first-order valence-corrected chi connectivity index (χ1v) is 7.37. The lowest BCUT2D eigenvalue weighted by Gasteiger charge is -2.28. The molecule has 1 heterocycles. The minimum absolute atomic E-state index is 0.00605. The second kappa shape index (κ2) is 7.41. The molecule has 1 aromatic rings. The van der Waals surface area contributed by atoms with E-state index in [4.69, 9.17) is 0 Å². The molecule has 1 saturated heterocycles. The van der Waals surface area contributed by atoms with Crippen molar-refractivity contribution in [3.8, 4) is 0 Å². The van der Waals surface area contributed by atoms with Gasteiger partial charge in [0.15, 0.2) is 0 Å². The van der Waals surface area contributed by atoms with Gasteiger partial charge in [-0.05, 0) is 37.3 Å². The Hall–Kier alpha value is -1.39. The van der Waals surface area contributed by atoms with Crippen molar-refractivity contribution in [2.24, 2.45) is 5.92 Å². The summed E-state index contributed by atoms with van der Waals surface area (Å²) in [5.74, 6) is 0.584. The van der Waals surface area contributed by atoms with E-state index in [2.05, 4.69) is 17.6 Å². The Morgan fingerprint density at radius 1 is 1.45 bits per heavy atom. The van der Waals surface area contributed by atoms with Crippen LogP contribution in [0.3, 0.4) is 0 Å². The standard InChI is InChI=1S/C16H24N2O2/c1-12-7-8-17-15(9-12)16(20)18-14(11-19)10-13-5-3-2-4-6-13/h2-6,12,14-15,17,19H,7-11H2,1H3,(H,18,20). The van der Waals surface area contributed by atoms with Gasteiger partial charge < -0.3 is 15.7 Å². The van der Waals surface area contributed by atoms with Gasteiger partial charge in [0.2, 0.25) is 5.91 Å². The van der Waals surface area contributed by atoms with E-state index in [-0.39, 0.29) is 24.6 Å². The number of aliphatic hydroxyl groups is 1. The SMILES string of the molecule is CC1CCNC(C(=O)NC(CO)Cc2ccccc2)C1. The number of aliphatic hydroxyl groups excluding tert-OH is 1. The topological polar surface area (TPSA) is 61.4 Å². The van der Waals surface area contributed by atoms with Gasteiger partial charge in [-0.25, -0.2) is 0 Å². The Balaban J connectivity index is 1.87. The smallest absolute Gasteiger partial charge is 0.237 e. The minimum Gasteiger partial charge on any atom is -0.394 e. The zero-order chi connectivity index (χ0) is 14.4. The fraction of sp³-hybridized carbons (Fsp3) is 0.562. The summed E-state index contributed by atoms with van der Waals surface area (Å²) >= 11 is 0. The van der Waals surface area contributed by atoms with Gasteiger partial charge in [0.1, 0.15) is 0 Å². The summed E-state index contributed by atoms with van der Waals surface area (Å²) in [5, 5.41) is 15.7. The summed E-state index contributed by atoms with van der Waals surface area (Å²) in [6.07, 6.45) is 2.65. The predicted octanol–water partition coefficient (Wildman–Crippen LogP) is 1.09. The molecule has 3 atom stereocenters. The number of amides is 1. The summed E-state index contributed by atoms with van der Waals surface area (Å²) in [6.45, 7) is 3.03. The van der Waals surface area contributed by atoms with E-state index < -0.39 is 0 Å². The van der Waals surface area contributed by atoms with E-state index in [9.17, 15) is 9.90 Å². The summed E-state index contributed by atoms with van der Waals surface area (Å²) in [6, 6.07) is 9.58. The Kier molecular flexibility index (Phi) is 5.56. The molecule has 110 valence electrons. The van der Waals surface area contributed by atoms with Crippen molar-refractivity contribution in [2.75, 3.05) is 13.2 Å². The second-order valence-electron chi connectivity index (χ2n) is 5.71. The number of rotatable bonds is 5. The van der Waals surface area contributed by atoms with Gasteiger partial charge in [-0.1, -0.05) is 37.3 Å². The van der Waals surface area contributed by atoms with Crippen molar-refractivity contribution in [1.29, 1.82) is 0 Å². The molecule has 0 spiro atoms. The van der Waals surface area contributed by atoms with Crippen molar-refractivity contribution >= 4 is 5.91 Å². The van der Waals surface area contributed by atoms with Crippen molar-refractivity contribution in [1.82, 2.24) is 10.6 Å². The van der Waals surface area contributed by atoms with Crippen LogP contribution in [-0.2, 0) is 11.2 Å². The Bertz CT molecular complexity index is 422. The summed E-state index contributed by atoms with van der Waals surface area (Å²) in [7, 11) is 0. The molecule has 3 N–H and O–H groups in total. The lowest BCUT2D eigenvalue weighted by molar-refractivity contribution is -0.125. The molecule has 1 aliphatic heterocycles. The first kappa shape index (κ1) is 15.0. The maximum atomic E-state index is 12.2. The molecule has 4 nitrogen and oxygen atoms in total. The molecule has 3 unspecified atom stereocenters. The van der Waals surface area contributed by atoms with E-state index in [0.29, 0.717) is 12.3 Å². The number of nitrogens with one attached hydrogen (secondary N) is 2. The van der Waals surface area contributed by atoms with Gasteiger partial charge in [-0.15, -0.1) is 0 Å². The molecule has 1 amide bonds. The average Bonchev–Trinajstić information content (AvgIpc) is 2.47. The highest BCUT2D eigenvalue weighted by Crippen LogP contribution is 2.15. The molecular weight excluding hydrogens is 252 g/mol. The van der Waals surface area contributed by atoms with Crippen LogP contribution in [0, 0.1) is 5.92 Å². The number of piperidine rings is 1. The third-order valence-electron chi connectivity index (χ3n) is 3.87. The molecule has 4 heteroatoms. The monoisotopic (exact) mass is 276 g/mol. The zero-order valence-corrected chi connectivity index (χ0v) is 12.0. The molecule has 0 aromatic heterocycles. The van der Waals surface area contributed by atoms with E-state index in [1.54, 1.807) is 0 Å². The van der Waals surface area contributed by atoms with Crippen LogP contribution in [0.25, 0.3) is 0 Å². The Morgan fingerprint density at radius 2 is 2.20 bits per heavy atom. The maximum Gasteiger partial charge on any atom is 0.237 e. The second-order valence-corrected chi connectivity index (χ2v) is 5.71. The largest absolute Gasteiger partial charge is 0.394 e. The molecular formula is C16H24N2O2. The number of carbonyl (C=O) groups is 1. The molecule has 0 bridgehead atoms. The normalized spacial score (nSPS) is 24.1. The quantitative estimate of drug-likeness (QED) is 0.754. The van der Waals surface area contributed by atoms with Gasteiger partial charge >= 0.3 is 0 Å². The van der Waals surface area contributed by atoms with E-state index in [0.717, 1.165) is 24.9 Å². The summed E-state index contributed by atoms with van der Waals surface area (Å²) < 4.78 is 0. The fourth-order valence-corrected chi connectivity index (χ4v) is 2.67. The van der Waals surface area contributed by atoms with Crippen LogP contribution in [-0.4, -0.2) is 36.2 Å². The van der Waals surface area contributed by atoms with Crippen LogP contribution in [0.15, 0.2) is 30.3 Å². The Labute approximate surface area is 120 Å². The van der Waals surface area contributed by atoms with E-state index in [1.165, 1.54) is 0 Å².